The Bertz CT molecular complexity index is 668. The highest BCUT2D eigenvalue weighted by atomic mass is 16.5. The van der Waals surface area contributed by atoms with E-state index in [4.69, 9.17) is 9.47 Å². The molecule has 4 nitrogen and oxygen atoms in total. The van der Waals surface area contributed by atoms with Gasteiger partial charge in [-0.1, -0.05) is 36.4 Å². The molecule has 1 amide bonds. The lowest BCUT2D eigenvalue weighted by Crippen LogP contribution is -2.31. The lowest BCUT2D eigenvalue weighted by Gasteiger charge is -2.12. The van der Waals surface area contributed by atoms with Crippen LogP contribution >= 0.6 is 0 Å². The number of carbonyl (C=O) groups excluding carboxylic acids is 1. The van der Waals surface area contributed by atoms with E-state index in [1.807, 2.05) is 57.2 Å². The van der Waals surface area contributed by atoms with E-state index in [-0.39, 0.29) is 12.5 Å². The molecular weight excluding hydrogens is 302 g/mol. The van der Waals surface area contributed by atoms with Crippen LogP contribution in [0.1, 0.15) is 22.3 Å². The second kappa shape index (κ2) is 9.08. The second-order valence-corrected chi connectivity index (χ2v) is 5.88. The maximum atomic E-state index is 11.8. The Morgan fingerprint density at radius 2 is 1.83 bits per heavy atom. The summed E-state index contributed by atoms with van der Waals surface area (Å²) in [5.74, 6) is 0.625. The van der Waals surface area contributed by atoms with Crippen molar-refractivity contribution in [1.29, 1.82) is 0 Å². The smallest absolute Gasteiger partial charge is 0.258 e. The summed E-state index contributed by atoms with van der Waals surface area (Å²) in [6, 6.07) is 14.0. The Balaban J connectivity index is 1.65. The number of hydrogen-bond donors (Lipinski definition) is 1. The minimum atomic E-state index is -0.142. The zero-order chi connectivity index (χ0) is 17.4. The maximum Gasteiger partial charge on any atom is 0.258 e. The first-order chi connectivity index (χ1) is 11.6. The van der Waals surface area contributed by atoms with Gasteiger partial charge in [0.2, 0.25) is 0 Å². The number of ether oxygens (including phenoxy) is 2. The summed E-state index contributed by atoms with van der Waals surface area (Å²) in [4.78, 5) is 11.8. The van der Waals surface area contributed by atoms with Crippen LogP contribution in [0.5, 0.6) is 5.75 Å². The van der Waals surface area contributed by atoms with Gasteiger partial charge < -0.3 is 14.8 Å². The molecule has 2 rings (SSSR count). The molecule has 0 spiro atoms. The zero-order valence-electron chi connectivity index (χ0n) is 14.6. The zero-order valence-corrected chi connectivity index (χ0v) is 14.6. The van der Waals surface area contributed by atoms with Crippen molar-refractivity contribution in [3.05, 3.63) is 64.7 Å². The van der Waals surface area contributed by atoms with Gasteiger partial charge in [-0.05, 0) is 49.1 Å². The van der Waals surface area contributed by atoms with E-state index < -0.39 is 0 Å². The van der Waals surface area contributed by atoms with Crippen LogP contribution in [0.2, 0.25) is 0 Å². The maximum absolute atomic E-state index is 11.8. The van der Waals surface area contributed by atoms with E-state index >= 15 is 0 Å². The van der Waals surface area contributed by atoms with E-state index in [9.17, 15) is 4.79 Å². The summed E-state index contributed by atoms with van der Waals surface area (Å²) >= 11 is 0. The average molecular weight is 327 g/mol. The molecular formula is C20H25NO3. The molecule has 0 radical (unpaired) electrons. The summed E-state index contributed by atoms with van der Waals surface area (Å²) in [5.41, 5.74) is 4.49. The molecule has 0 heterocycles. The number of aryl methyl sites for hydroxylation is 2. The molecule has 0 aliphatic heterocycles. The first-order valence-electron chi connectivity index (χ1n) is 8.15. The first kappa shape index (κ1) is 18.0. The molecule has 0 bridgehead atoms. The Kier molecular flexibility index (Phi) is 6.82. The molecule has 0 atom stereocenters. The van der Waals surface area contributed by atoms with Crippen LogP contribution < -0.4 is 10.1 Å². The van der Waals surface area contributed by atoms with E-state index in [1.54, 1.807) is 0 Å². The van der Waals surface area contributed by atoms with Crippen molar-refractivity contribution >= 4 is 5.91 Å². The van der Waals surface area contributed by atoms with Gasteiger partial charge in [0.25, 0.3) is 5.91 Å². The molecule has 0 aliphatic rings. The molecule has 4 heteroatoms. The Morgan fingerprint density at radius 3 is 2.58 bits per heavy atom. The van der Waals surface area contributed by atoms with Crippen LogP contribution in [0, 0.1) is 20.8 Å². The molecule has 0 aliphatic carbocycles. The van der Waals surface area contributed by atoms with Gasteiger partial charge in [-0.3, -0.25) is 4.79 Å². The molecule has 2 aromatic rings. The lowest BCUT2D eigenvalue weighted by atomic mass is 10.1. The number of carbonyl (C=O) groups is 1. The minimum Gasteiger partial charge on any atom is -0.483 e. The monoisotopic (exact) mass is 327 g/mol. The fraction of sp³-hybridized carbons (Fsp3) is 0.350. The number of amides is 1. The molecule has 0 unspecified atom stereocenters. The van der Waals surface area contributed by atoms with Gasteiger partial charge in [-0.2, -0.15) is 0 Å². The van der Waals surface area contributed by atoms with E-state index in [0.717, 1.165) is 22.4 Å². The van der Waals surface area contributed by atoms with E-state index in [2.05, 4.69) is 11.4 Å². The average Bonchev–Trinajstić information content (AvgIpc) is 2.57. The summed E-state index contributed by atoms with van der Waals surface area (Å²) in [6.45, 7) is 7.57. The van der Waals surface area contributed by atoms with Crippen molar-refractivity contribution in [3.8, 4) is 5.75 Å². The van der Waals surface area contributed by atoms with Crippen molar-refractivity contribution in [1.82, 2.24) is 5.32 Å². The Morgan fingerprint density at radius 1 is 1.08 bits per heavy atom. The van der Waals surface area contributed by atoms with Gasteiger partial charge in [0.05, 0.1) is 13.2 Å². The van der Waals surface area contributed by atoms with Crippen LogP contribution in [0.25, 0.3) is 0 Å². The van der Waals surface area contributed by atoms with Crippen LogP contribution in [-0.4, -0.2) is 25.7 Å². The molecule has 1 N–H and O–H groups in total. The fourth-order valence-electron chi connectivity index (χ4n) is 2.37. The number of benzene rings is 2. The minimum absolute atomic E-state index is 0.0163. The van der Waals surface area contributed by atoms with Gasteiger partial charge >= 0.3 is 0 Å². The predicted molar refractivity (Wildman–Crippen MR) is 95.3 cm³/mol. The quantitative estimate of drug-likeness (QED) is 0.757. The third-order valence-electron chi connectivity index (χ3n) is 3.80. The van der Waals surface area contributed by atoms with Crippen LogP contribution in [0.4, 0.5) is 0 Å². The van der Waals surface area contributed by atoms with Crippen molar-refractivity contribution in [2.75, 3.05) is 19.8 Å². The van der Waals surface area contributed by atoms with Crippen molar-refractivity contribution in [2.24, 2.45) is 0 Å². The Labute approximate surface area is 143 Å². The molecule has 0 aromatic heterocycles. The predicted octanol–water partition coefficient (Wildman–Crippen LogP) is 3.32. The third kappa shape index (κ3) is 5.70. The highest BCUT2D eigenvalue weighted by Gasteiger charge is 2.07. The third-order valence-corrected chi connectivity index (χ3v) is 3.80. The van der Waals surface area contributed by atoms with Crippen LogP contribution in [0.3, 0.4) is 0 Å². The van der Waals surface area contributed by atoms with Gasteiger partial charge in [0, 0.05) is 6.54 Å². The van der Waals surface area contributed by atoms with Crippen LogP contribution in [0.15, 0.2) is 42.5 Å². The SMILES string of the molecule is Cc1cc(C)c(C)c(OCC(=O)NCCOCc2ccccc2)c1. The van der Waals surface area contributed by atoms with E-state index in [1.165, 1.54) is 5.56 Å². The van der Waals surface area contributed by atoms with Crippen molar-refractivity contribution < 1.29 is 14.3 Å². The number of hydrogen-bond acceptors (Lipinski definition) is 3. The molecule has 128 valence electrons. The molecule has 0 saturated carbocycles. The van der Waals surface area contributed by atoms with Gasteiger partial charge in [0.15, 0.2) is 6.61 Å². The molecule has 24 heavy (non-hydrogen) atoms. The molecule has 0 saturated heterocycles. The summed E-state index contributed by atoms with van der Waals surface area (Å²) < 4.78 is 11.2. The highest BCUT2D eigenvalue weighted by Crippen LogP contribution is 2.23. The topological polar surface area (TPSA) is 47.6 Å². The fourth-order valence-corrected chi connectivity index (χ4v) is 2.37. The molecule has 2 aromatic carbocycles. The van der Waals surface area contributed by atoms with Gasteiger partial charge in [-0.25, -0.2) is 0 Å². The molecule has 0 fully saturated rings. The highest BCUT2D eigenvalue weighted by molar-refractivity contribution is 5.77. The normalized spacial score (nSPS) is 10.5. The lowest BCUT2D eigenvalue weighted by molar-refractivity contribution is -0.123. The van der Waals surface area contributed by atoms with Crippen molar-refractivity contribution in [2.45, 2.75) is 27.4 Å². The number of rotatable bonds is 8. The Hall–Kier alpha value is -2.33. The van der Waals surface area contributed by atoms with Gasteiger partial charge in [-0.15, -0.1) is 0 Å². The standard InChI is InChI=1S/C20H25NO3/c1-15-11-16(2)17(3)19(12-15)24-14-20(22)21-9-10-23-13-18-7-5-4-6-8-18/h4-8,11-12H,9-10,13-14H2,1-3H3,(H,21,22). The largest absolute Gasteiger partial charge is 0.483 e. The van der Waals surface area contributed by atoms with Crippen molar-refractivity contribution in [3.63, 3.8) is 0 Å². The van der Waals surface area contributed by atoms with Crippen LogP contribution in [-0.2, 0) is 16.1 Å². The summed E-state index contributed by atoms with van der Waals surface area (Å²) in [7, 11) is 0. The van der Waals surface area contributed by atoms with E-state index in [0.29, 0.717) is 19.8 Å². The summed E-state index contributed by atoms with van der Waals surface area (Å²) in [6.07, 6.45) is 0. The first-order valence-corrected chi connectivity index (χ1v) is 8.15. The number of nitrogens with one attached hydrogen (secondary N) is 1. The van der Waals surface area contributed by atoms with Gasteiger partial charge in [0.1, 0.15) is 5.75 Å². The summed E-state index contributed by atoms with van der Waals surface area (Å²) in [5, 5.41) is 2.80. The second-order valence-electron chi connectivity index (χ2n) is 5.88.